The molecule has 0 radical (unpaired) electrons. The second-order valence-electron chi connectivity index (χ2n) is 4.28. The number of hydrogen-bond donors (Lipinski definition) is 1. The maximum atomic E-state index is 9.22. The van der Waals surface area contributed by atoms with Gasteiger partial charge in [0.2, 0.25) is 0 Å². The molecular formula is C16H18O4. The van der Waals surface area contributed by atoms with Gasteiger partial charge in [-0.05, 0) is 42.8 Å². The van der Waals surface area contributed by atoms with Crippen LogP contribution < -0.4 is 9.47 Å². The van der Waals surface area contributed by atoms with Gasteiger partial charge in [0.15, 0.2) is 11.5 Å². The van der Waals surface area contributed by atoms with Crippen LogP contribution >= 0.6 is 0 Å². The molecule has 0 amide bonds. The number of rotatable bonds is 5. The Morgan fingerprint density at radius 3 is 2.45 bits per heavy atom. The molecule has 20 heavy (non-hydrogen) atoms. The minimum atomic E-state index is -0.0660. The molecule has 0 aliphatic rings. The largest absolute Gasteiger partial charge is 0.493 e. The maximum Gasteiger partial charge on any atom is 0.161 e. The third-order valence-corrected chi connectivity index (χ3v) is 3.00. The molecule has 0 aliphatic carbocycles. The topological polar surface area (TPSA) is 51.8 Å². The number of hydrogen-bond acceptors (Lipinski definition) is 4. The Labute approximate surface area is 118 Å². The van der Waals surface area contributed by atoms with E-state index in [1.165, 1.54) is 0 Å². The first-order chi connectivity index (χ1) is 9.69. The van der Waals surface area contributed by atoms with Crippen LogP contribution in [0.25, 0.3) is 5.57 Å². The second-order valence-corrected chi connectivity index (χ2v) is 4.28. The van der Waals surface area contributed by atoms with E-state index in [0.717, 1.165) is 16.9 Å². The highest BCUT2D eigenvalue weighted by atomic mass is 16.5. The summed E-state index contributed by atoms with van der Waals surface area (Å²) in [7, 11) is 3.19. The van der Waals surface area contributed by atoms with Gasteiger partial charge < -0.3 is 19.0 Å². The van der Waals surface area contributed by atoms with Crippen molar-refractivity contribution in [2.75, 3.05) is 20.8 Å². The van der Waals surface area contributed by atoms with Crippen molar-refractivity contribution < 1.29 is 19.0 Å². The molecule has 1 aromatic heterocycles. The number of benzene rings is 1. The normalized spacial score (nSPS) is 11.5. The minimum absolute atomic E-state index is 0.0660. The molecule has 0 spiro atoms. The Kier molecular flexibility index (Phi) is 4.48. The van der Waals surface area contributed by atoms with Gasteiger partial charge in [-0.3, -0.25) is 0 Å². The van der Waals surface area contributed by atoms with Crippen molar-refractivity contribution in [3.8, 4) is 11.5 Å². The van der Waals surface area contributed by atoms with Crippen molar-refractivity contribution in [3.05, 3.63) is 53.5 Å². The van der Waals surface area contributed by atoms with E-state index >= 15 is 0 Å². The molecule has 2 aromatic rings. The van der Waals surface area contributed by atoms with Crippen molar-refractivity contribution in [2.45, 2.75) is 6.92 Å². The molecule has 0 saturated carbocycles. The summed E-state index contributed by atoms with van der Waals surface area (Å²) >= 11 is 0. The first-order valence-electron chi connectivity index (χ1n) is 6.29. The standard InChI is InChI=1S/C16H18O4/c1-11-4-6-14(20-11)13(8-9-17)12-5-7-15(18-2)16(10-12)19-3/h4-8,10,17H,9H2,1-3H3/b13-8+. The Morgan fingerprint density at radius 2 is 1.90 bits per heavy atom. The van der Waals surface area contributed by atoms with E-state index in [1.54, 1.807) is 20.3 Å². The van der Waals surface area contributed by atoms with Crippen molar-refractivity contribution in [3.63, 3.8) is 0 Å². The van der Waals surface area contributed by atoms with E-state index in [-0.39, 0.29) is 6.61 Å². The second kappa shape index (κ2) is 6.30. The molecule has 0 fully saturated rings. The molecule has 0 atom stereocenters. The maximum absolute atomic E-state index is 9.22. The summed E-state index contributed by atoms with van der Waals surface area (Å²) in [6, 6.07) is 9.36. The van der Waals surface area contributed by atoms with Crippen LogP contribution in [0.4, 0.5) is 0 Å². The number of ether oxygens (including phenoxy) is 2. The Balaban J connectivity index is 2.48. The fourth-order valence-electron chi connectivity index (χ4n) is 2.04. The SMILES string of the molecule is COc1ccc(/C(=C\CO)c2ccc(C)o2)cc1OC. The fraction of sp³-hybridized carbons (Fsp3) is 0.250. The van der Waals surface area contributed by atoms with Crippen LogP contribution in [-0.4, -0.2) is 25.9 Å². The lowest BCUT2D eigenvalue weighted by molar-refractivity contribution is 0.343. The van der Waals surface area contributed by atoms with Gasteiger partial charge >= 0.3 is 0 Å². The molecular weight excluding hydrogens is 256 g/mol. The Bertz CT molecular complexity index is 611. The van der Waals surface area contributed by atoms with Crippen LogP contribution in [0.3, 0.4) is 0 Å². The number of aliphatic hydroxyl groups excluding tert-OH is 1. The zero-order chi connectivity index (χ0) is 14.5. The summed E-state index contributed by atoms with van der Waals surface area (Å²) in [6.45, 7) is 1.82. The van der Waals surface area contributed by atoms with Gasteiger partial charge in [0.05, 0.1) is 20.8 Å². The molecule has 0 bridgehead atoms. The van der Waals surface area contributed by atoms with Crippen LogP contribution in [0.5, 0.6) is 11.5 Å². The van der Waals surface area contributed by atoms with Gasteiger partial charge in [-0.1, -0.05) is 6.07 Å². The van der Waals surface area contributed by atoms with Gasteiger partial charge in [0.1, 0.15) is 11.5 Å². The summed E-state index contributed by atoms with van der Waals surface area (Å²) in [4.78, 5) is 0. The summed E-state index contributed by atoms with van der Waals surface area (Å²) in [5.41, 5.74) is 1.72. The summed E-state index contributed by atoms with van der Waals surface area (Å²) in [5.74, 6) is 2.83. The molecule has 4 nitrogen and oxygen atoms in total. The summed E-state index contributed by atoms with van der Waals surface area (Å²) in [5, 5.41) is 9.22. The first-order valence-corrected chi connectivity index (χ1v) is 6.29. The van der Waals surface area contributed by atoms with Crippen LogP contribution in [0, 0.1) is 6.92 Å². The quantitative estimate of drug-likeness (QED) is 0.910. The fourth-order valence-corrected chi connectivity index (χ4v) is 2.04. The monoisotopic (exact) mass is 274 g/mol. The van der Waals surface area contributed by atoms with Crippen molar-refractivity contribution >= 4 is 5.57 Å². The average molecular weight is 274 g/mol. The van der Waals surface area contributed by atoms with E-state index in [2.05, 4.69) is 0 Å². The molecule has 0 aliphatic heterocycles. The van der Waals surface area contributed by atoms with Crippen molar-refractivity contribution in [2.24, 2.45) is 0 Å². The van der Waals surface area contributed by atoms with E-state index in [1.807, 2.05) is 37.3 Å². The van der Waals surface area contributed by atoms with Gasteiger partial charge in [0.25, 0.3) is 0 Å². The minimum Gasteiger partial charge on any atom is -0.493 e. The van der Waals surface area contributed by atoms with E-state index < -0.39 is 0 Å². The highest BCUT2D eigenvalue weighted by molar-refractivity contribution is 5.78. The highest BCUT2D eigenvalue weighted by Gasteiger charge is 2.12. The predicted octanol–water partition coefficient (Wildman–Crippen LogP) is 3.03. The smallest absolute Gasteiger partial charge is 0.161 e. The number of furan rings is 1. The molecule has 1 heterocycles. The number of aliphatic hydroxyl groups is 1. The predicted molar refractivity (Wildman–Crippen MR) is 77.2 cm³/mol. The number of methoxy groups -OCH3 is 2. The lowest BCUT2D eigenvalue weighted by Crippen LogP contribution is -1.94. The number of aryl methyl sites for hydroxylation is 1. The molecule has 1 N–H and O–H groups in total. The average Bonchev–Trinajstić information content (AvgIpc) is 2.90. The van der Waals surface area contributed by atoms with E-state index in [4.69, 9.17) is 13.9 Å². The molecule has 2 rings (SSSR count). The molecule has 0 saturated heterocycles. The summed E-state index contributed by atoms with van der Waals surface area (Å²) < 4.78 is 16.2. The molecule has 106 valence electrons. The lowest BCUT2D eigenvalue weighted by atomic mass is 10.0. The zero-order valence-electron chi connectivity index (χ0n) is 11.8. The molecule has 4 heteroatoms. The van der Waals surface area contributed by atoms with E-state index in [0.29, 0.717) is 17.3 Å². The van der Waals surface area contributed by atoms with Crippen LogP contribution in [-0.2, 0) is 0 Å². The molecule has 0 unspecified atom stereocenters. The van der Waals surface area contributed by atoms with Gasteiger partial charge in [-0.15, -0.1) is 0 Å². The molecule has 1 aromatic carbocycles. The van der Waals surface area contributed by atoms with Crippen molar-refractivity contribution in [1.29, 1.82) is 0 Å². The third-order valence-electron chi connectivity index (χ3n) is 3.00. The first kappa shape index (κ1) is 14.2. The highest BCUT2D eigenvalue weighted by Crippen LogP contribution is 2.33. The summed E-state index contributed by atoms with van der Waals surface area (Å²) in [6.07, 6.45) is 1.71. The van der Waals surface area contributed by atoms with Crippen molar-refractivity contribution in [1.82, 2.24) is 0 Å². The van der Waals surface area contributed by atoms with Gasteiger partial charge in [0, 0.05) is 5.57 Å². The lowest BCUT2D eigenvalue weighted by Gasteiger charge is -2.11. The third kappa shape index (κ3) is 2.86. The van der Waals surface area contributed by atoms with Gasteiger partial charge in [-0.2, -0.15) is 0 Å². The Hall–Kier alpha value is -2.20. The Morgan fingerprint density at radius 1 is 1.15 bits per heavy atom. The van der Waals surface area contributed by atoms with Crippen LogP contribution in [0.1, 0.15) is 17.1 Å². The van der Waals surface area contributed by atoms with E-state index in [9.17, 15) is 5.11 Å². The van der Waals surface area contributed by atoms with Crippen LogP contribution in [0.2, 0.25) is 0 Å². The zero-order valence-corrected chi connectivity index (χ0v) is 11.8. The van der Waals surface area contributed by atoms with Gasteiger partial charge in [-0.25, -0.2) is 0 Å². The van der Waals surface area contributed by atoms with Crippen LogP contribution in [0.15, 0.2) is 40.8 Å².